The first-order chi connectivity index (χ1) is 12.5. The van der Waals surface area contributed by atoms with Gasteiger partial charge in [-0.1, -0.05) is 13.8 Å². The van der Waals surface area contributed by atoms with Crippen molar-refractivity contribution in [2.24, 2.45) is 11.8 Å². The smallest absolute Gasteiger partial charge is 0.276 e. The van der Waals surface area contributed by atoms with E-state index in [2.05, 4.69) is 20.6 Å². The van der Waals surface area contributed by atoms with Crippen LogP contribution in [0.3, 0.4) is 0 Å². The molecule has 2 aromatic heterocycles. The van der Waals surface area contributed by atoms with Gasteiger partial charge in [-0.05, 0) is 18.8 Å². The molecule has 0 spiro atoms. The van der Waals surface area contributed by atoms with E-state index >= 15 is 0 Å². The van der Waals surface area contributed by atoms with Crippen molar-refractivity contribution in [2.75, 3.05) is 18.5 Å². The lowest BCUT2D eigenvalue weighted by Crippen LogP contribution is -2.38. The number of amides is 2. The van der Waals surface area contributed by atoms with Crippen molar-refractivity contribution in [3.8, 4) is 0 Å². The number of nitrogens with one attached hydrogen (secondary N) is 2. The summed E-state index contributed by atoms with van der Waals surface area (Å²) in [6.45, 7) is 5.32. The Balaban J connectivity index is 1.67. The fraction of sp³-hybridized carbons (Fsp3) is 0.529. The van der Waals surface area contributed by atoms with E-state index in [1.165, 1.54) is 22.7 Å². The van der Waals surface area contributed by atoms with Crippen LogP contribution in [0.15, 0.2) is 17.0 Å². The van der Waals surface area contributed by atoms with Crippen LogP contribution in [0, 0.1) is 11.8 Å². The molecule has 7 nitrogen and oxygen atoms in total. The standard InChI is InChI=1S/C17H22N4O3S2/c1-10(2)13(20-14(22)11-3-6-24-7-4-11)16-19-12(9-26-16)15(23)21-17-18-5-8-25-17/h5,8-11,13H,3-4,6-7H2,1-2H3,(H,20,22)(H,18,21,23)/t13-/m1/s1. The Labute approximate surface area is 160 Å². The molecule has 2 aromatic rings. The summed E-state index contributed by atoms with van der Waals surface area (Å²) in [5.74, 6) is -0.103. The summed E-state index contributed by atoms with van der Waals surface area (Å²) in [7, 11) is 0. The molecule has 0 bridgehead atoms. The van der Waals surface area contributed by atoms with Crippen molar-refractivity contribution >= 4 is 39.6 Å². The van der Waals surface area contributed by atoms with Gasteiger partial charge in [0.05, 0.1) is 6.04 Å². The average molecular weight is 395 g/mol. The first kappa shape index (κ1) is 18.9. The summed E-state index contributed by atoms with van der Waals surface area (Å²) in [5, 5.41) is 10.6. The van der Waals surface area contributed by atoms with Crippen LogP contribution in [-0.4, -0.2) is 35.0 Å². The summed E-state index contributed by atoms with van der Waals surface area (Å²) in [4.78, 5) is 33.3. The zero-order valence-electron chi connectivity index (χ0n) is 14.7. The Hall–Kier alpha value is -1.84. The number of carbonyl (C=O) groups excluding carboxylic acids is 2. The van der Waals surface area contributed by atoms with E-state index < -0.39 is 0 Å². The Morgan fingerprint density at radius 3 is 2.69 bits per heavy atom. The Morgan fingerprint density at radius 2 is 2.04 bits per heavy atom. The van der Waals surface area contributed by atoms with Gasteiger partial charge < -0.3 is 10.1 Å². The summed E-state index contributed by atoms with van der Waals surface area (Å²) in [6.07, 6.45) is 3.12. The number of hydrogen-bond acceptors (Lipinski definition) is 7. The molecule has 26 heavy (non-hydrogen) atoms. The van der Waals surface area contributed by atoms with Crippen molar-refractivity contribution < 1.29 is 14.3 Å². The van der Waals surface area contributed by atoms with Crippen LogP contribution in [0.2, 0.25) is 0 Å². The number of nitrogens with zero attached hydrogens (tertiary/aromatic N) is 2. The number of aromatic nitrogens is 2. The van der Waals surface area contributed by atoms with Gasteiger partial charge in [0.25, 0.3) is 5.91 Å². The molecule has 2 N–H and O–H groups in total. The molecule has 1 saturated heterocycles. The van der Waals surface area contributed by atoms with Crippen molar-refractivity contribution in [3.05, 3.63) is 27.7 Å². The molecule has 1 aliphatic rings. The second kappa shape index (κ2) is 8.70. The SMILES string of the molecule is CC(C)[C@@H](NC(=O)C1CCOCC1)c1nc(C(=O)Nc2nccs2)cs1. The maximum atomic E-state index is 12.6. The maximum Gasteiger partial charge on any atom is 0.276 e. The highest BCUT2D eigenvalue weighted by atomic mass is 32.1. The van der Waals surface area contributed by atoms with Gasteiger partial charge in [0, 0.05) is 36.1 Å². The van der Waals surface area contributed by atoms with E-state index in [1.54, 1.807) is 17.0 Å². The molecule has 0 saturated carbocycles. The van der Waals surface area contributed by atoms with Crippen LogP contribution in [-0.2, 0) is 9.53 Å². The highest BCUT2D eigenvalue weighted by Gasteiger charge is 2.28. The molecular weight excluding hydrogens is 372 g/mol. The number of rotatable bonds is 6. The summed E-state index contributed by atoms with van der Waals surface area (Å²) in [6, 6.07) is -0.211. The van der Waals surface area contributed by atoms with Gasteiger partial charge in [-0.15, -0.1) is 22.7 Å². The minimum atomic E-state index is -0.291. The van der Waals surface area contributed by atoms with Gasteiger partial charge in [-0.2, -0.15) is 0 Å². The molecule has 1 atom stereocenters. The minimum Gasteiger partial charge on any atom is -0.381 e. The summed E-state index contributed by atoms with van der Waals surface area (Å²) >= 11 is 2.74. The molecule has 9 heteroatoms. The molecular formula is C17H22N4O3S2. The van der Waals surface area contributed by atoms with Crippen molar-refractivity contribution in [3.63, 3.8) is 0 Å². The topological polar surface area (TPSA) is 93.2 Å². The molecule has 0 radical (unpaired) electrons. The molecule has 0 aliphatic carbocycles. The quantitative estimate of drug-likeness (QED) is 0.785. The molecule has 1 aliphatic heterocycles. The second-order valence-electron chi connectivity index (χ2n) is 6.48. The maximum absolute atomic E-state index is 12.6. The Bertz CT molecular complexity index is 739. The zero-order chi connectivity index (χ0) is 18.5. The van der Waals surface area contributed by atoms with E-state index in [0.717, 1.165) is 17.8 Å². The van der Waals surface area contributed by atoms with Gasteiger partial charge >= 0.3 is 0 Å². The molecule has 0 aromatic carbocycles. The predicted octanol–water partition coefficient (Wildman–Crippen LogP) is 3.09. The molecule has 0 unspecified atom stereocenters. The second-order valence-corrected chi connectivity index (χ2v) is 8.26. The number of ether oxygens (including phenoxy) is 1. The molecule has 2 amide bonds. The molecule has 3 rings (SSSR count). The predicted molar refractivity (Wildman–Crippen MR) is 101 cm³/mol. The lowest BCUT2D eigenvalue weighted by atomic mass is 9.97. The fourth-order valence-corrected chi connectivity index (χ4v) is 4.27. The largest absolute Gasteiger partial charge is 0.381 e. The van der Waals surface area contributed by atoms with Crippen LogP contribution in [0.25, 0.3) is 0 Å². The van der Waals surface area contributed by atoms with E-state index in [1.807, 2.05) is 13.8 Å². The van der Waals surface area contributed by atoms with Crippen LogP contribution in [0.5, 0.6) is 0 Å². The van der Waals surface area contributed by atoms with E-state index in [0.29, 0.717) is 24.0 Å². The van der Waals surface area contributed by atoms with E-state index in [4.69, 9.17) is 4.74 Å². The lowest BCUT2D eigenvalue weighted by Gasteiger charge is -2.26. The fourth-order valence-electron chi connectivity index (χ4n) is 2.73. The van der Waals surface area contributed by atoms with Crippen LogP contribution < -0.4 is 10.6 Å². The number of thiazole rings is 2. The van der Waals surface area contributed by atoms with E-state index in [9.17, 15) is 9.59 Å². The monoisotopic (exact) mass is 394 g/mol. The van der Waals surface area contributed by atoms with Crippen LogP contribution in [0.4, 0.5) is 5.13 Å². The van der Waals surface area contributed by atoms with Gasteiger partial charge in [0.2, 0.25) is 5.91 Å². The van der Waals surface area contributed by atoms with Gasteiger partial charge in [0.15, 0.2) is 5.13 Å². The lowest BCUT2D eigenvalue weighted by molar-refractivity contribution is -0.129. The third kappa shape index (κ3) is 4.66. The average Bonchev–Trinajstić information content (AvgIpc) is 3.31. The van der Waals surface area contributed by atoms with Gasteiger partial charge in [0.1, 0.15) is 10.7 Å². The summed E-state index contributed by atoms with van der Waals surface area (Å²) < 4.78 is 5.32. The van der Waals surface area contributed by atoms with Crippen LogP contribution in [0.1, 0.15) is 48.2 Å². The third-order valence-corrected chi connectivity index (χ3v) is 5.85. The molecule has 3 heterocycles. The van der Waals surface area contributed by atoms with Crippen molar-refractivity contribution in [2.45, 2.75) is 32.7 Å². The number of carbonyl (C=O) groups is 2. The summed E-state index contributed by atoms with van der Waals surface area (Å²) in [5.41, 5.74) is 0.339. The van der Waals surface area contributed by atoms with Gasteiger partial charge in [-0.3, -0.25) is 14.9 Å². The zero-order valence-corrected chi connectivity index (χ0v) is 16.4. The van der Waals surface area contributed by atoms with E-state index in [-0.39, 0.29) is 29.7 Å². The number of hydrogen-bond donors (Lipinski definition) is 2. The first-order valence-corrected chi connectivity index (χ1v) is 10.3. The first-order valence-electron chi connectivity index (χ1n) is 8.59. The van der Waals surface area contributed by atoms with Gasteiger partial charge in [-0.25, -0.2) is 9.97 Å². The highest BCUT2D eigenvalue weighted by Crippen LogP contribution is 2.27. The molecule has 1 fully saturated rings. The van der Waals surface area contributed by atoms with Crippen LogP contribution >= 0.6 is 22.7 Å². The normalized spacial score (nSPS) is 16.4. The third-order valence-electron chi connectivity index (χ3n) is 4.23. The van der Waals surface area contributed by atoms with Crippen molar-refractivity contribution in [1.29, 1.82) is 0 Å². The molecule has 140 valence electrons. The Morgan fingerprint density at radius 1 is 1.27 bits per heavy atom. The van der Waals surface area contributed by atoms with Crippen molar-refractivity contribution in [1.82, 2.24) is 15.3 Å². The number of anilines is 1. The minimum absolute atomic E-state index is 0.0161. The Kier molecular flexibility index (Phi) is 6.33. The highest BCUT2D eigenvalue weighted by molar-refractivity contribution is 7.13.